The molecule has 0 saturated heterocycles. The number of halogens is 3. The van der Waals surface area contributed by atoms with Gasteiger partial charge >= 0.3 is 12.1 Å². The van der Waals surface area contributed by atoms with Crippen LogP contribution in [-0.4, -0.2) is 34.7 Å². The molecule has 7 nitrogen and oxygen atoms in total. The fourth-order valence-electron chi connectivity index (χ4n) is 1.87. The van der Waals surface area contributed by atoms with Crippen LogP contribution in [0.1, 0.15) is 37.0 Å². The molecule has 0 bridgehead atoms. The summed E-state index contributed by atoms with van der Waals surface area (Å²) >= 11 is 0. The lowest BCUT2D eigenvalue weighted by atomic mass is 10.1. The second-order valence-corrected chi connectivity index (χ2v) is 5.89. The molecule has 0 aliphatic carbocycles. The summed E-state index contributed by atoms with van der Waals surface area (Å²) in [6, 6.07) is 5.74. The summed E-state index contributed by atoms with van der Waals surface area (Å²) in [6.07, 6.45) is -4.68. The number of benzene rings is 1. The standard InChI is InChI=1S/C16H19F3N4O3/c1-9(2)25-22-10(3)8-20-14(24)12-6-4-11(5-7-12)13-21-15(26-23-13)16(17,18)19/h4-7,9-10,22H,8H2,1-3H3,(H,20,24). The predicted molar refractivity (Wildman–Crippen MR) is 85.9 cm³/mol. The van der Waals surface area contributed by atoms with Crippen LogP contribution >= 0.6 is 0 Å². The zero-order valence-electron chi connectivity index (χ0n) is 14.4. The number of carbonyl (C=O) groups is 1. The average molecular weight is 372 g/mol. The van der Waals surface area contributed by atoms with Gasteiger partial charge in [-0.15, -0.1) is 0 Å². The summed E-state index contributed by atoms with van der Waals surface area (Å²) < 4.78 is 41.6. The third kappa shape index (κ3) is 5.53. The maximum Gasteiger partial charge on any atom is 0.471 e. The van der Waals surface area contributed by atoms with E-state index in [1.54, 1.807) is 0 Å². The molecule has 1 amide bonds. The fourth-order valence-corrected chi connectivity index (χ4v) is 1.87. The maximum atomic E-state index is 12.5. The number of rotatable bonds is 7. The molecule has 10 heteroatoms. The van der Waals surface area contributed by atoms with Gasteiger partial charge in [-0.25, -0.2) is 0 Å². The summed E-state index contributed by atoms with van der Waals surface area (Å²) in [5.74, 6) is -1.94. The van der Waals surface area contributed by atoms with Crippen molar-refractivity contribution in [2.24, 2.45) is 0 Å². The first kappa shape index (κ1) is 19.9. The largest absolute Gasteiger partial charge is 0.471 e. The van der Waals surface area contributed by atoms with Crippen molar-refractivity contribution < 1.29 is 27.3 Å². The van der Waals surface area contributed by atoms with E-state index in [-0.39, 0.29) is 23.9 Å². The van der Waals surface area contributed by atoms with Gasteiger partial charge in [0.25, 0.3) is 5.91 Å². The predicted octanol–water partition coefficient (Wildman–Crippen LogP) is 2.80. The molecule has 0 spiro atoms. The van der Waals surface area contributed by atoms with Crippen molar-refractivity contribution in [3.8, 4) is 11.4 Å². The molecule has 0 aliphatic heterocycles. The van der Waals surface area contributed by atoms with E-state index in [9.17, 15) is 18.0 Å². The number of carbonyl (C=O) groups excluding carboxylic acids is 1. The third-order valence-electron chi connectivity index (χ3n) is 3.15. The molecule has 1 unspecified atom stereocenters. The van der Waals surface area contributed by atoms with Crippen molar-refractivity contribution in [3.05, 3.63) is 35.7 Å². The Balaban J connectivity index is 1.94. The van der Waals surface area contributed by atoms with E-state index in [4.69, 9.17) is 4.84 Å². The van der Waals surface area contributed by atoms with E-state index >= 15 is 0 Å². The van der Waals surface area contributed by atoms with Crippen LogP contribution in [0.5, 0.6) is 0 Å². The van der Waals surface area contributed by atoms with Gasteiger partial charge in [0.1, 0.15) is 0 Å². The number of hydroxylamine groups is 1. The Morgan fingerprint density at radius 1 is 1.23 bits per heavy atom. The van der Waals surface area contributed by atoms with Crippen LogP contribution in [0.4, 0.5) is 13.2 Å². The second-order valence-electron chi connectivity index (χ2n) is 5.89. The number of aromatic nitrogens is 2. The van der Waals surface area contributed by atoms with Crippen molar-refractivity contribution in [1.29, 1.82) is 0 Å². The minimum Gasteiger partial charge on any atom is -0.350 e. The Labute approximate surface area is 147 Å². The molecule has 1 atom stereocenters. The Morgan fingerprint density at radius 2 is 1.88 bits per heavy atom. The van der Waals surface area contributed by atoms with Crippen LogP contribution in [-0.2, 0) is 11.0 Å². The summed E-state index contributed by atoms with van der Waals surface area (Å²) in [4.78, 5) is 20.6. The number of hydrogen-bond acceptors (Lipinski definition) is 6. The Morgan fingerprint density at radius 3 is 2.42 bits per heavy atom. The van der Waals surface area contributed by atoms with E-state index in [0.29, 0.717) is 17.7 Å². The smallest absolute Gasteiger partial charge is 0.350 e. The lowest BCUT2D eigenvalue weighted by molar-refractivity contribution is -0.159. The number of nitrogens with one attached hydrogen (secondary N) is 2. The molecule has 26 heavy (non-hydrogen) atoms. The molecule has 2 N–H and O–H groups in total. The first-order valence-corrected chi connectivity index (χ1v) is 7.87. The second kappa shape index (κ2) is 8.28. The third-order valence-corrected chi connectivity index (χ3v) is 3.15. The topological polar surface area (TPSA) is 89.3 Å². The van der Waals surface area contributed by atoms with Gasteiger partial charge in [0.2, 0.25) is 5.82 Å². The maximum absolute atomic E-state index is 12.5. The minimum absolute atomic E-state index is 0.0173. The highest BCUT2D eigenvalue weighted by Crippen LogP contribution is 2.29. The lowest BCUT2D eigenvalue weighted by Crippen LogP contribution is -2.39. The highest BCUT2D eigenvalue weighted by atomic mass is 19.4. The van der Waals surface area contributed by atoms with Crippen LogP contribution in [0.15, 0.2) is 28.8 Å². The van der Waals surface area contributed by atoms with Gasteiger partial charge in [-0.05, 0) is 32.9 Å². The monoisotopic (exact) mass is 372 g/mol. The van der Waals surface area contributed by atoms with Crippen molar-refractivity contribution in [2.75, 3.05) is 6.54 Å². The Hall–Kier alpha value is -2.46. The van der Waals surface area contributed by atoms with E-state index in [1.807, 2.05) is 20.8 Å². The van der Waals surface area contributed by atoms with Crippen LogP contribution in [0, 0.1) is 0 Å². The summed E-state index contributed by atoms with van der Waals surface area (Å²) in [7, 11) is 0. The molecule has 0 saturated carbocycles. The highest BCUT2D eigenvalue weighted by Gasteiger charge is 2.38. The van der Waals surface area contributed by atoms with E-state index in [1.165, 1.54) is 24.3 Å². The number of alkyl halides is 3. The normalized spacial score (nSPS) is 13.0. The average Bonchev–Trinajstić information content (AvgIpc) is 3.08. The van der Waals surface area contributed by atoms with Gasteiger partial charge in [0.05, 0.1) is 6.10 Å². The molecular weight excluding hydrogens is 353 g/mol. The van der Waals surface area contributed by atoms with E-state index in [2.05, 4.69) is 25.5 Å². The number of amides is 1. The summed E-state index contributed by atoms with van der Waals surface area (Å²) in [5.41, 5.74) is 3.46. The van der Waals surface area contributed by atoms with Crippen molar-refractivity contribution in [1.82, 2.24) is 20.9 Å². The van der Waals surface area contributed by atoms with Gasteiger partial charge < -0.3 is 9.84 Å². The van der Waals surface area contributed by atoms with Gasteiger partial charge in [-0.3, -0.25) is 9.63 Å². The van der Waals surface area contributed by atoms with Gasteiger partial charge in [-0.1, -0.05) is 17.3 Å². The Bertz CT molecular complexity index is 729. The van der Waals surface area contributed by atoms with Gasteiger partial charge in [-0.2, -0.15) is 23.6 Å². The molecule has 1 heterocycles. The van der Waals surface area contributed by atoms with Crippen molar-refractivity contribution >= 4 is 5.91 Å². The van der Waals surface area contributed by atoms with Gasteiger partial charge in [0, 0.05) is 23.7 Å². The molecule has 142 valence electrons. The quantitative estimate of drug-likeness (QED) is 0.727. The summed E-state index contributed by atoms with van der Waals surface area (Å²) in [5, 5.41) is 6.02. The first-order valence-electron chi connectivity index (χ1n) is 7.87. The molecule has 0 aliphatic rings. The van der Waals surface area contributed by atoms with E-state index < -0.39 is 12.1 Å². The van der Waals surface area contributed by atoms with Crippen molar-refractivity contribution in [2.45, 2.75) is 39.1 Å². The Kier molecular flexibility index (Phi) is 6.32. The zero-order valence-corrected chi connectivity index (χ0v) is 14.4. The highest BCUT2D eigenvalue weighted by molar-refractivity contribution is 5.94. The SMILES string of the molecule is CC(CNC(=O)c1ccc(-c2noc(C(F)(F)F)n2)cc1)NOC(C)C. The number of nitrogens with zero attached hydrogens (tertiary/aromatic N) is 2. The van der Waals surface area contributed by atoms with E-state index in [0.717, 1.165) is 0 Å². The lowest BCUT2D eigenvalue weighted by Gasteiger charge is -2.16. The van der Waals surface area contributed by atoms with Crippen LogP contribution < -0.4 is 10.8 Å². The minimum atomic E-state index is -4.70. The van der Waals surface area contributed by atoms with Crippen LogP contribution in [0.2, 0.25) is 0 Å². The molecule has 1 aromatic heterocycles. The van der Waals surface area contributed by atoms with Crippen LogP contribution in [0.3, 0.4) is 0 Å². The molecule has 1 aromatic carbocycles. The number of hydrogen-bond donors (Lipinski definition) is 2. The summed E-state index contributed by atoms with van der Waals surface area (Å²) in [6.45, 7) is 5.94. The van der Waals surface area contributed by atoms with Crippen LogP contribution in [0.25, 0.3) is 11.4 Å². The van der Waals surface area contributed by atoms with Gasteiger partial charge in [0.15, 0.2) is 0 Å². The zero-order chi connectivity index (χ0) is 19.3. The molecule has 0 radical (unpaired) electrons. The fraction of sp³-hybridized carbons (Fsp3) is 0.438. The van der Waals surface area contributed by atoms with Crippen molar-refractivity contribution in [3.63, 3.8) is 0 Å². The molecule has 0 fully saturated rings. The molecule has 2 rings (SSSR count). The molecule has 2 aromatic rings. The molecular formula is C16H19F3N4O3. The first-order chi connectivity index (χ1) is 12.2.